The van der Waals surface area contributed by atoms with Gasteiger partial charge in [0, 0.05) is 41.1 Å². The Hall–Kier alpha value is -2.88. The fourth-order valence-electron chi connectivity index (χ4n) is 3.55. The molecule has 0 saturated heterocycles. The minimum absolute atomic E-state index is 0.0640. The molecule has 0 bridgehead atoms. The second-order valence-corrected chi connectivity index (χ2v) is 7.77. The highest BCUT2D eigenvalue weighted by atomic mass is 32.2. The lowest BCUT2D eigenvalue weighted by atomic mass is 10.1. The molecule has 0 amide bonds. The molecule has 1 aliphatic carbocycles. The molecule has 2 aromatic rings. The highest BCUT2D eigenvalue weighted by molar-refractivity contribution is 8.00. The summed E-state index contributed by atoms with van der Waals surface area (Å²) in [6.07, 6.45) is 6.22. The number of hydrogen-bond donors (Lipinski definition) is 2. The Labute approximate surface area is 164 Å². The van der Waals surface area contributed by atoms with Gasteiger partial charge in [-0.25, -0.2) is 14.6 Å². The fraction of sp³-hybridized carbons (Fsp3) is 0.389. The third kappa shape index (κ3) is 3.24. The van der Waals surface area contributed by atoms with Crippen molar-refractivity contribution in [3.05, 3.63) is 34.9 Å². The molecule has 2 N–H and O–H groups in total. The Bertz CT molecular complexity index is 1040. The number of carboxylic acids is 2. The summed E-state index contributed by atoms with van der Waals surface area (Å²) in [5.74, 6) is -1.02. The van der Waals surface area contributed by atoms with E-state index in [1.165, 1.54) is 11.8 Å². The molecule has 0 spiro atoms. The van der Waals surface area contributed by atoms with E-state index in [9.17, 15) is 14.7 Å². The molecule has 0 fully saturated rings. The van der Waals surface area contributed by atoms with Gasteiger partial charge in [0.15, 0.2) is 0 Å². The van der Waals surface area contributed by atoms with Gasteiger partial charge in [0.1, 0.15) is 5.71 Å². The molecule has 4 rings (SSSR count). The second kappa shape index (κ2) is 7.27. The molecule has 0 aromatic carbocycles. The third-order valence-electron chi connectivity index (χ3n) is 4.89. The van der Waals surface area contributed by atoms with Crippen LogP contribution in [-0.4, -0.2) is 60.3 Å². The van der Waals surface area contributed by atoms with Crippen molar-refractivity contribution >= 4 is 35.2 Å². The van der Waals surface area contributed by atoms with Crippen LogP contribution in [0.25, 0.3) is 5.78 Å². The summed E-state index contributed by atoms with van der Waals surface area (Å²) in [6.45, 7) is 0. The molecule has 28 heavy (non-hydrogen) atoms. The molecule has 0 radical (unpaired) electrons. The molecule has 1 unspecified atom stereocenters. The van der Waals surface area contributed by atoms with E-state index < -0.39 is 17.2 Å². The van der Waals surface area contributed by atoms with E-state index >= 15 is 0 Å². The first-order valence-corrected chi connectivity index (χ1v) is 9.81. The minimum atomic E-state index is -1.14. The normalized spacial score (nSPS) is 19.0. The average molecular weight is 402 g/mol. The highest BCUT2D eigenvalue weighted by Gasteiger charge is 2.28. The van der Waals surface area contributed by atoms with Gasteiger partial charge in [0.2, 0.25) is 11.7 Å². The quantitative estimate of drug-likeness (QED) is 0.768. The number of thioether (sulfide) groups is 1. The Morgan fingerprint density at radius 1 is 1.29 bits per heavy atom. The van der Waals surface area contributed by atoms with Gasteiger partial charge in [0.05, 0.1) is 18.4 Å². The van der Waals surface area contributed by atoms with E-state index in [0.29, 0.717) is 23.8 Å². The number of methoxy groups -OCH3 is 1. The van der Waals surface area contributed by atoms with E-state index in [1.807, 2.05) is 10.6 Å². The smallest absolute Gasteiger partial charge is 0.351 e. The van der Waals surface area contributed by atoms with Crippen LogP contribution in [0.1, 0.15) is 23.4 Å². The summed E-state index contributed by atoms with van der Waals surface area (Å²) in [6, 6.07) is 0. The first-order chi connectivity index (χ1) is 13.5. The number of aryl methyl sites for hydroxylation is 1. The van der Waals surface area contributed by atoms with Crippen LogP contribution in [0, 0.1) is 0 Å². The highest BCUT2D eigenvalue weighted by Crippen LogP contribution is 2.31. The number of aliphatic carboxylic acids is 2. The van der Waals surface area contributed by atoms with Crippen molar-refractivity contribution in [1.29, 1.82) is 0 Å². The van der Waals surface area contributed by atoms with Gasteiger partial charge >= 0.3 is 11.9 Å². The topological polar surface area (TPSA) is 126 Å². The van der Waals surface area contributed by atoms with Gasteiger partial charge in [-0.2, -0.15) is 4.98 Å². The zero-order chi connectivity index (χ0) is 19.8. The Balaban J connectivity index is 1.66. The summed E-state index contributed by atoms with van der Waals surface area (Å²) in [5, 5.41) is 18.2. The lowest BCUT2D eigenvalue weighted by Gasteiger charge is -2.13. The summed E-state index contributed by atoms with van der Waals surface area (Å²) < 4.78 is 7.35. The monoisotopic (exact) mass is 402 g/mol. The van der Waals surface area contributed by atoms with Gasteiger partial charge in [-0.1, -0.05) is 0 Å². The van der Waals surface area contributed by atoms with Crippen LogP contribution in [0.5, 0.6) is 5.88 Å². The van der Waals surface area contributed by atoms with Crippen molar-refractivity contribution in [2.75, 3.05) is 12.9 Å². The van der Waals surface area contributed by atoms with Crippen LogP contribution in [0.15, 0.2) is 23.0 Å². The molecule has 2 aromatic heterocycles. The van der Waals surface area contributed by atoms with E-state index in [2.05, 4.69) is 15.0 Å². The Kier molecular flexibility index (Phi) is 4.80. The fourth-order valence-corrected chi connectivity index (χ4v) is 4.74. The van der Waals surface area contributed by atoms with Crippen molar-refractivity contribution in [2.45, 2.75) is 30.9 Å². The van der Waals surface area contributed by atoms with Gasteiger partial charge < -0.3 is 14.9 Å². The second-order valence-electron chi connectivity index (χ2n) is 6.58. The zero-order valence-electron chi connectivity index (χ0n) is 15.1. The van der Waals surface area contributed by atoms with Crippen LogP contribution in [0.2, 0.25) is 0 Å². The molecule has 2 aliphatic rings. The minimum Gasteiger partial charge on any atom is -0.481 e. The summed E-state index contributed by atoms with van der Waals surface area (Å²) in [7, 11) is 1.59. The first kappa shape index (κ1) is 18.5. The van der Waals surface area contributed by atoms with Gasteiger partial charge in [-0.3, -0.25) is 9.39 Å². The molecule has 146 valence electrons. The average Bonchev–Trinajstić information content (AvgIpc) is 3.22. The molecule has 1 atom stereocenters. The van der Waals surface area contributed by atoms with Gasteiger partial charge in [0.25, 0.3) is 0 Å². The lowest BCUT2D eigenvalue weighted by molar-refractivity contribution is -0.133. The predicted molar refractivity (Wildman–Crippen MR) is 102 cm³/mol. The summed E-state index contributed by atoms with van der Waals surface area (Å²) >= 11 is 1.24. The SMILES string of the molecule is COc1nc2nc(CC3SCC(C(=O)O)=NC=C3C(=O)O)cn2c2c1CCC2. The van der Waals surface area contributed by atoms with Crippen LogP contribution >= 0.6 is 11.8 Å². The maximum absolute atomic E-state index is 11.6. The number of carbonyl (C=O) groups is 2. The summed E-state index contributed by atoms with van der Waals surface area (Å²) in [4.78, 5) is 35.7. The van der Waals surface area contributed by atoms with Crippen LogP contribution in [0.4, 0.5) is 0 Å². The first-order valence-electron chi connectivity index (χ1n) is 8.76. The van der Waals surface area contributed by atoms with Crippen molar-refractivity contribution in [3.8, 4) is 5.88 Å². The standard InChI is InChI=1S/C18H18N4O5S/c1-27-15-10-3-2-4-13(10)22-7-9(20-18(22)21-15)5-14-11(16(23)24)6-19-12(8-28-14)17(25)26/h6-7,14H,2-5,8H2,1H3,(H,23,24)(H,25,26). The Morgan fingerprint density at radius 2 is 2.11 bits per heavy atom. The number of aromatic nitrogens is 3. The molecule has 3 heterocycles. The van der Waals surface area contributed by atoms with Crippen LogP contribution < -0.4 is 4.74 Å². The largest absolute Gasteiger partial charge is 0.481 e. The number of imidazole rings is 1. The molecule has 9 nitrogen and oxygen atoms in total. The van der Waals surface area contributed by atoms with Crippen LogP contribution in [0.3, 0.4) is 0 Å². The van der Waals surface area contributed by atoms with Crippen LogP contribution in [-0.2, 0) is 28.9 Å². The van der Waals surface area contributed by atoms with Crippen molar-refractivity contribution in [1.82, 2.24) is 14.4 Å². The number of hydrogen-bond acceptors (Lipinski definition) is 7. The van der Waals surface area contributed by atoms with E-state index in [4.69, 9.17) is 9.84 Å². The van der Waals surface area contributed by atoms with Gasteiger partial charge in [-0.05, 0) is 19.3 Å². The molecule has 0 saturated carbocycles. The molecule has 10 heteroatoms. The van der Waals surface area contributed by atoms with E-state index in [-0.39, 0.29) is 17.0 Å². The number of nitrogens with zero attached hydrogens (tertiary/aromatic N) is 4. The third-order valence-corrected chi connectivity index (χ3v) is 6.15. The van der Waals surface area contributed by atoms with E-state index in [0.717, 1.165) is 36.7 Å². The zero-order valence-corrected chi connectivity index (χ0v) is 15.9. The number of ether oxygens (including phenoxy) is 1. The number of rotatable bonds is 5. The predicted octanol–water partition coefficient (Wildman–Crippen LogP) is 1.38. The van der Waals surface area contributed by atoms with Crippen molar-refractivity contribution in [2.24, 2.45) is 4.99 Å². The Morgan fingerprint density at radius 3 is 2.82 bits per heavy atom. The number of fused-ring (bicyclic) bond motifs is 3. The van der Waals surface area contributed by atoms with Crippen molar-refractivity contribution < 1.29 is 24.5 Å². The number of carboxylic acid groups (broad SMARTS) is 2. The van der Waals surface area contributed by atoms with E-state index in [1.54, 1.807) is 7.11 Å². The maximum Gasteiger partial charge on any atom is 0.351 e. The molecular formula is C18H18N4O5S. The molecule has 1 aliphatic heterocycles. The molecular weight excluding hydrogens is 384 g/mol. The lowest BCUT2D eigenvalue weighted by Crippen LogP contribution is -2.20. The summed E-state index contributed by atoms with van der Waals surface area (Å²) in [5.41, 5.74) is 2.91. The van der Waals surface area contributed by atoms with Crippen molar-refractivity contribution in [3.63, 3.8) is 0 Å². The van der Waals surface area contributed by atoms with Gasteiger partial charge in [-0.15, -0.1) is 11.8 Å². The maximum atomic E-state index is 11.6. The number of aliphatic imine (C=N–C) groups is 1.